The first-order valence-corrected chi connectivity index (χ1v) is 5.24. The molecule has 90 valence electrons. The average Bonchev–Trinajstić information content (AvgIpc) is 2.31. The number of hydrogen-bond acceptors (Lipinski definition) is 4. The van der Waals surface area contributed by atoms with Crippen molar-refractivity contribution in [3.05, 3.63) is 56.7 Å². The number of nitriles is 1. The van der Waals surface area contributed by atoms with E-state index in [0.29, 0.717) is 12.2 Å². The molecule has 2 rings (SSSR count). The summed E-state index contributed by atoms with van der Waals surface area (Å²) < 4.78 is 0. The second-order valence-electron chi connectivity index (χ2n) is 3.66. The maximum atomic E-state index is 11.1. The van der Waals surface area contributed by atoms with Gasteiger partial charge in [0.25, 0.3) is 5.56 Å². The number of nitrogens with zero attached hydrogens (tertiary/aromatic N) is 1. The molecule has 6 heteroatoms. The van der Waals surface area contributed by atoms with Gasteiger partial charge >= 0.3 is 5.69 Å². The Morgan fingerprint density at radius 3 is 2.50 bits per heavy atom. The number of H-pyrrole nitrogens is 2. The van der Waals surface area contributed by atoms with Crippen LogP contribution in [0, 0.1) is 11.3 Å². The molecule has 0 saturated heterocycles. The van der Waals surface area contributed by atoms with E-state index in [4.69, 9.17) is 5.26 Å². The highest BCUT2D eigenvalue weighted by Crippen LogP contribution is 2.13. The maximum Gasteiger partial charge on any atom is 0.327 e. The monoisotopic (exact) mass is 242 g/mol. The van der Waals surface area contributed by atoms with Gasteiger partial charge in [-0.1, -0.05) is 12.1 Å². The number of anilines is 2. The van der Waals surface area contributed by atoms with Gasteiger partial charge in [-0.2, -0.15) is 5.26 Å². The van der Waals surface area contributed by atoms with E-state index in [2.05, 4.69) is 21.4 Å². The van der Waals surface area contributed by atoms with Crippen molar-refractivity contribution in [2.24, 2.45) is 0 Å². The molecular weight excluding hydrogens is 232 g/mol. The zero-order chi connectivity index (χ0) is 13.0. The van der Waals surface area contributed by atoms with Crippen molar-refractivity contribution in [2.75, 3.05) is 5.32 Å². The molecule has 2 aromatic rings. The van der Waals surface area contributed by atoms with Crippen molar-refractivity contribution in [2.45, 2.75) is 6.42 Å². The predicted octanol–water partition coefficient (Wildman–Crippen LogP) is 0.873. The van der Waals surface area contributed by atoms with Crippen LogP contribution in [0.15, 0.2) is 39.9 Å². The normalized spacial score (nSPS) is 9.72. The van der Waals surface area contributed by atoms with Crippen LogP contribution in [0.25, 0.3) is 0 Å². The van der Waals surface area contributed by atoms with Crippen LogP contribution in [-0.2, 0) is 6.42 Å². The van der Waals surface area contributed by atoms with Crippen molar-refractivity contribution in [3.8, 4) is 6.07 Å². The highest BCUT2D eigenvalue weighted by Gasteiger charge is 1.98. The van der Waals surface area contributed by atoms with Gasteiger partial charge in [0.1, 0.15) is 5.82 Å². The van der Waals surface area contributed by atoms with Crippen LogP contribution in [0.5, 0.6) is 0 Å². The lowest BCUT2D eigenvalue weighted by molar-refractivity contribution is 1.04. The molecule has 3 N–H and O–H groups in total. The fraction of sp³-hybridized carbons (Fsp3) is 0.0833. The van der Waals surface area contributed by atoms with Crippen LogP contribution < -0.4 is 16.6 Å². The zero-order valence-electron chi connectivity index (χ0n) is 9.36. The smallest absolute Gasteiger partial charge is 0.327 e. The lowest BCUT2D eigenvalue weighted by Crippen LogP contribution is -2.22. The number of rotatable bonds is 3. The summed E-state index contributed by atoms with van der Waals surface area (Å²) in [5.41, 5.74) is 0.592. The predicted molar refractivity (Wildman–Crippen MR) is 66.7 cm³/mol. The summed E-state index contributed by atoms with van der Waals surface area (Å²) in [6.45, 7) is 0. The lowest BCUT2D eigenvalue weighted by atomic mass is 10.1. The lowest BCUT2D eigenvalue weighted by Gasteiger charge is -2.05. The Morgan fingerprint density at radius 2 is 1.89 bits per heavy atom. The Bertz CT molecular complexity index is 663. The number of aromatic nitrogens is 2. The summed E-state index contributed by atoms with van der Waals surface area (Å²) in [7, 11) is 0. The van der Waals surface area contributed by atoms with Crippen molar-refractivity contribution >= 4 is 11.5 Å². The Morgan fingerprint density at radius 1 is 1.17 bits per heavy atom. The molecule has 0 aliphatic rings. The topological polar surface area (TPSA) is 102 Å². The molecule has 0 saturated carbocycles. The standard InChI is InChI=1S/C12H10N4O2/c13-6-5-8-1-3-9(4-2-8)14-10-7-11(17)16-12(18)15-10/h1-4,7H,5H2,(H3,14,15,16,17,18). The molecule has 0 radical (unpaired) electrons. The second kappa shape index (κ2) is 5.01. The highest BCUT2D eigenvalue weighted by molar-refractivity contribution is 5.55. The fourth-order valence-corrected chi connectivity index (χ4v) is 1.49. The van der Waals surface area contributed by atoms with Crippen LogP contribution in [0.2, 0.25) is 0 Å². The second-order valence-corrected chi connectivity index (χ2v) is 3.66. The largest absolute Gasteiger partial charge is 0.342 e. The van der Waals surface area contributed by atoms with Gasteiger partial charge in [-0.05, 0) is 17.7 Å². The quantitative estimate of drug-likeness (QED) is 0.743. The number of hydrogen-bond donors (Lipinski definition) is 3. The van der Waals surface area contributed by atoms with Crippen molar-refractivity contribution in [1.82, 2.24) is 9.97 Å². The minimum absolute atomic E-state index is 0.316. The molecule has 1 heterocycles. The SMILES string of the molecule is N#CCc1ccc(Nc2cc(=O)[nH]c(=O)[nH]2)cc1. The Balaban J connectivity index is 2.21. The van der Waals surface area contributed by atoms with Crippen molar-refractivity contribution in [1.29, 1.82) is 5.26 Å². The van der Waals surface area contributed by atoms with Crippen LogP contribution >= 0.6 is 0 Å². The molecule has 0 spiro atoms. The molecule has 1 aromatic heterocycles. The van der Waals surface area contributed by atoms with Crippen molar-refractivity contribution in [3.63, 3.8) is 0 Å². The van der Waals surface area contributed by atoms with E-state index in [-0.39, 0.29) is 0 Å². The molecule has 18 heavy (non-hydrogen) atoms. The van der Waals surface area contributed by atoms with Gasteiger partial charge in [0.05, 0.1) is 12.5 Å². The molecule has 0 aliphatic heterocycles. The first-order valence-electron chi connectivity index (χ1n) is 5.24. The average molecular weight is 242 g/mol. The Hall–Kier alpha value is -2.81. The summed E-state index contributed by atoms with van der Waals surface area (Å²) in [6, 6.07) is 10.5. The van der Waals surface area contributed by atoms with Gasteiger partial charge < -0.3 is 5.32 Å². The zero-order valence-corrected chi connectivity index (χ0v) is 9.36. The van der Waals surface area contributed by atoms with E-state index in [9.17, 15) is 9.59 Å². The summed E-state index contributed by atoms with van der Waals surface area (Å²) in [4.78, 5) is 26.7. The molecule has 0 amide bonds. The summed E-state index contributed by atoms with van der Waals surface area (Å²) in [6.07, 6.45) is 0.349. The van der Waals surface area contributed by atoms with Crippen molar-refractivity contribution < 1.29 is 0 Å². The fourth-order valence-electron chi connectivity index (χ4n) is 1.49. The molecule has 0 bridgehead atoms. The van der Waals surface area contributed by atoms with Crippen LogP contribution in [0.3, 0.4) is 0 Å². The third kappa shape index (κ3) is 2.86. The van der Waals surface area contributed by atoms with E-state index in [0.717, 1.165) is 11.3 Å². The van der Waals surface area contributed by atoms with E-state index in [1.807, 2.05) is 0 Å². The van der Waals surface area contributed by atoms with Gasteiger partial charge in [0.15, 0.2) is 0 Å². The minimum Gasteiger partial charge on any atom is -0.342 e. The maximum absolute atomic E-state index is 11.1. The van der Waals surface area contributed by atoms with Gasteiger partial charge in [-0.3, -0.25) is 14.8 Å². The van der Waals surface area contributed by atoms with Gasteiger partial charge in [-0.25, -0.2) is 4.79 Å². The Labute approximate surface area is 102 Å². The molecule has 0 aliphatic carbocycles. The molecule has 0 atom stereocenters. The van der Waals surface area contributed by atoms with E-state index in [1.54, 1.807) is 24.3 Å². The van der Waals surface area contributed by atoms with Gasteiger partial charge in [0, 0.05) is 11.8 Å². The first-order chi connectivity index (χ1) is 8.67. The number of nitrogens with one attached hydrogen (secondary N) is 3. The third-order valence-electron chi connectivity index (χ3n) is 2.28. The minimum atomic E-state index is -0.564. The van der Waals surface area contributed by atoms with Crippen LogP contribution in [0.4, 0.5) is 11.5 Å². The number of benzene rings is 1. The van der Waals surface area contributed by atoms with Gasteiger partial charge in [-0.15, -0.1) is 0 Å². The third-order valence-corrected chi connectivity index (χ3v) is 2.28. The Kier molecular flexibility index (Phi) is 3.25. The summed E-state index contributed by atoms with van der Waals surface area (Å²) in [5.74, 6) is 0.316. The molecular formula is C12H10N4O2. The first kappa shape index (κ1) is 11.7. The molecule has 1 aromatic carbocycles. The number of aromatic amines is 2. The van der Waals surface area contributed by atoms with E-state index >= 15 is 0 Å². The molecule has 0 unspecified atom stereocenters. The highest BCUT2D eigenvalue weighted by atomic mass is 16.2. The summed E-state index contributed by atoms with van der Waals surface area (Å²) >= 11 is 0. The van der Waals surface area contributed by atoms with Crippen LogP contribution in [0.1, 0.15) is 5.56 Å². The van der Waals surface area contributed by atoms with Gasteiger partial charge in [0.2, 0.25) is 0 Å². The van der Waals surface area contributed by atoms with Crippen LogP contribution in [-0.4, -0.2) is 9.97 Å². The van der Waals surface area contributed by atoms with E-state index in [1.165, 1.54) is 6.07 Å². The molecule has 6 nitrogen and oxygen atoms in total. The summed E-state index contributed by atoms with van der Waals surface area (Å²) in [5, 5.41) is 11.4. The molecule has 0 fully saturated rings. The van der Waals surface area contributed by atoms with E-state index < -0.39 is 11.2 Å².